The molecule has 0 aliphatic carbocycles. The number of benzene rings is 1. The van der Waals surface area contributed by atoms with E-state index in [1.54, 1.807) is 25.1 Å². The maximum absolute atomic E-state index is 5.78. The van der Waals surface area contributed by atoms with E-state index in [4.69, 9.17) is 22.1 Å². The van der Waals surface area contributed by atoms with Crippen LogP contribution in [0.15, 0.2) is 29.3 Å². The monoisotopic (exact) mass is 286 g/mol. The highest BCUT2D eigenvalue weighted by Gasteiger charge is 2.06. The first kappa shape index (κ1) is 12.5. The Hall–Kier alpha value is -0.910. The summed E-state index contributed by atoms with van der Waals surface area (Å²) in [6.45, 7) is 0. The molecular formula is C11H11ClN2OS2. The lowest BCUT2D eigenvalue weighted by Gasteiger charge is -2.07. The van der Waals surface area contributed by atoms with Crippen LogP contribution in [-0.4, -0.2) is 12.1 Å². The Morgan fingerprint density at radius 3 is 3.00 bits per heavy atom. The van der Waals surface area contributed by atoms with Gasteiger partial charge in [0.1, 0.15) is 5.75 Å². The quantitative estimate of drug-likeness (QED) is 0.688. The summed E-state index contributed by atoms with van der Waals surface area (Å²) in [5, 5.41) is 0. The van der Waals surface area contributed by atoms with Crippen molar-refractivity contribution >= 4 is 40.4 Å². The van der Waals surface area contributed by atoms with Crippen molar-refractivity contribution in [2.45, 2.75) is 10.6 Å². The number of anilines is 1. The van der Waals surface area contributed by atoms with Crippen molar-refractivity contribution in [2.75, 3.05) is 12.8 Å². The van der Waals surface area contributed by atoms with Gasteiger partial charge in [0.05, 0.1) is 7.11 Å². The summed E-state index contributed by atoms with van der Waals surface area (Å²) in [5.41, 5.74) is 6.40. The van der Waals surface area contributed by atoms with Gasteiger partial charge in [0.2, 0.25) is 0 Å². The first-order valence-electron chi connectivity index (χ1n) is 4.85. The summed E-state index contributed by atoms with van der Waals surface area (Å²) in [6.07, 6.45) is 1.80. The predicted molar refractivity (Wildman–Crippen MR) is 74.1 cm³/mol. The molecule has 0 aliphatic heterocycles. The molecule has 6 heteroatoms. The standard InChI is InChI=1S/C11H11ClN2OS2/c1-15-9-4-7(13)2-3-10(9)16-6-8-5-14-11(12)17-8/h2-5H,6,13H2,1H3. The van der Waals surface area contributed by atoms with E-state index in [-0.39, 0.29) is 0 Å². The molecule has 0 fully saturated rings. The largest absolute Gasteiger partial charge is 0.496 e. The number of methoxy groups -OCH3 is 1. The number of nitrogen functional groups attached to an aromatic ring is 1. The first-order valence-corrected chi connectivity index (χ1v) is 7.03. The second-order valence-electron chi connectivity index (χ2n) is 3.28. The fourth-order valence-electron chi connectivity index (χ4n) is 1.30. The number of nitrogens with two attached hydrogens (primary N) is 1. The minimum atomic E-state index is 0.574. The van der Waals surface area contributed by atoms with Crippen molar-refractivity contribution in [3.63, 3.8) is 0 Å². The lowest BCUT2D eigenvalue weighted by atomic mass is 10.3. The highest BCUT2D eigenvalue weighted by molar-refractivity contribution is 7.98. The fourth-order valence-corrected chi connectivity index (χ4v) is 3.31. The van der Waals surface area contributed by atoms with Gasteiger partial charge in [-0.3, -0.25) is 0 Å². The zero-order valence-electron chi connectivity index (χ0n) is 9.14. The van der Waals surface area contributed by atoms with E-state index < -0.39 is 0 Å². The van der Waals surface area contributed by atoms with Crippen molar-refractivity contribution < 1.29 is 4.74 Å². The molecule has 3 nitrogen and oxygen atoms in total. The molecule has 0 bridgehead atoms. The molecule has 0 saturated heterocycles. The van der Waals surface area contributed by atoms with Crippen LogP contribution in [0.5, 0.6) is 5.75 Å². The van der Waals surface area contributed by atoms with E-state index in [9.17, 15) is 0 Å². The summed E-state index contributed by atoms with van der Waals surface area (Å²) < 4.78 is 5.85. The van der Waals surface area contributed by atoms with Crippen LogP contribution in [0.3, 0.4) is 0 Å². The average Bonchev–Trinajstić information content (AvgIpc) is 2.73. The number of halogens is 1. The van der Waals surface area contributed by atoms with Gasteiger partial charge in [-0.15, -0.1) is 23.1 Å². The summed E-state index contributed by atoms with van der Waals surface area (Å²) in [5.74, 6) is 1.62. The van der Waals surface area contributed by atoms with E-state index in [2.05, 4.69) is 4.98 Å². The van der Waals surface area contributed by atoms with E-state index in [0.717, 1.165) is 21.3 Å². The van der Waals surface area contributed by atoms with E-state index in [1.807, 2.05) is 18.2 Å². The Balaban J connectivity index is 2.08. The summed E-state index contributed by atoms with van der Waals surface area (Å²) in [6, 6.07) is 5.65. The lowest BCUT2D eigenvalue weighted by Crippen LogP contribution is -1.90. The molecule has 17 heavy (non-hydrogen) atoms. The molecule has 0 amide bonds. The van der Waals surface area contributed by atoms with E-state index in [1.165, 1.54) is 11.3 Å². The number of hydrogen-bond acceptors (Lipinski definition) is 5. The molecule has 0 spiro atoms. The maximum Gasteiger partial charge on any atom is 0.183 e. The Kier molecular flexibility index (Phi) is 4.15. The average molecular weight is 287 g/mol. The minimum absolute atomic E-state index is 0.574. The van der Waals surface area contributed by atoms with Crippen molar-refractivity contribution in [2.24, 2.45) is 0 Å². The van der Waals surface area contributed by atoms with Crippen LogP contribution in [0.2, 0.25) is 4.47 Å². The Bertz CT molecular complexity index is 516. The molecule has 0 atom stereocenters. The Labute approximate surface area is 113 Å². The molecule has 0 unspecified atom stereocenters. The number of nitrogens with zero attached hydrogens (tertiary/aromatic N) is 1. The van der Waals surface area contributed by atoms with Crippen LogP contribution in [0.25, 0.3) is 0 Å². The molecule has 1 aromatic heterocycles. The second-order valence-corrected chi connectivity index (χ2v) is 5.99. The Morgan fingerprint density at radius 1 is 1.53 bits per heavy atom. The summed E-state index contributed by atoms with van der Waals surface area (Å²) >= 11 is 8.95. The summed E-state index contributed by atoms with van der Waals surface area (Å²) in [4.78, 5) is 6.20. The molecule has 0 radical (unpaired) electrons. The van der Waals surface area contributed by atoms with Crippen LogP contribution < -0.4 is 10.5 Å². The van der Waals surface area contributed by atoms with E-state index >= 15 is 0 Å². The topological polar surface area (TPSA) is 48.1 Å². The highest BCUT2D eigenvalue weighted by atomic mass is 35.5. The zero-order valence-corrected chi connectivity index (χ0v) is 11.5. The third-order valence-electron chi connectivity index (χ3n) is 2.08. The van der Waals surface area contributed by atoms with Gasteiger partial charge in [0, 0.05) is 33.5 Å². The number of hydrogen-bond donors (Lipinski definition) is 1. The molecule has 0 aliphatic rings. The van der Waals surface area contributed by atoms with Crippen LogP contribution in [0.1, 0.15) is 4.88 Å². The van der Waals surface area contributed by atoms with Crippen LogP contribution >= 0.6 is 34.7 Å². The zero-order chi connectivity index (χ0) is 12.3. The van der Waals surface area contributed by atoms with Crippen molar-refractivity contribution in [1.82, 2.24) is 4.98 Å². The number of thioether (sulfide) groups is 1. The van der Waals surface area contributed by atoms with Gasteiger partial charge in [-0.2, -0.15) is 0 Å². The lowest BCUT2D eigenvalue weighted by molar-refractivity contribution is 0.405. The van der Waals surface area contributed by atoms with Crippen LogP contribution in [0, 0.1) is 0 Å². The third kappa shape index (κ3) is 3.28. The first-order chi connectivity index (χ1) is 8.19. The van der Waals surface area contributed by atoms with Gasteiger partial charge in [0.25, 0.3) is 0 Å². The third-order valence-corrected chi connectivity index (χ3v) is 4.48. The SMILES string of the molecule is COc1cc(N)ccc1SCc1cnc(Cl)s1. The highest BCUT2D eigenvalue weighted by Crippen LogP contribution is 2.34. The second kappa shape index (κ2) is 5.62. The number of ether oxygens (including phenoxy) is 1. The fraction of sp³-hybridized carbons (Fsp3) is 0.182. The smallest absolute Gasteiger partial charge is 0.183 e. The normalized spacial score (nSPS) is 10.5. The van der Waals surface area contributed by atoms with Gasteiger partial charge in [0.15, 0.2) is 4.47 Å². The van der Waals surface area contributed by atoms with Crippen LogP contribution in [0.4, 0.5) is 5.69 Å². The van der Waals surface area contributed by atoms with Crippen molar-refractivity contribution in [1.29, 1.82) is 0 Å². The van der Waals surface area contributed by atoms with Gasteiger partial charge in [-0.1, -0.05) is 11.6 Å². The van der Waals surface area contributed by atoms with E-state index in [0.29, 0.717) is 10.2 Å². The van der Waals surface area contributed by atoms with Crippen molar-refractivity contribution in [3.8, 4) is 5.75 Å². The van der Waals surface area contributed by atoms with Gasteiger partial charge in [-0.05, 0) is 12.1 Å². The molecule has 1 heterocycles. The van der Waals surface area contributed by atoms with Crippen molar-refractivity contribution in [3.05, 3.63) is 33.7 Å². The molecule has 2 rings (SSSR count). The number of rotatable bonds is 4. The molecule has 1 aromatic carbocycles. The number of thiazole rings is 1. The van der Waals surface area contributed by atoms with Crippen LogP contribution in [-0.2, 0) is 5.75 Å². The number of aromatic nitrogens is 1. The summed E-state index contributed by atoms with van der Waals surface area (Å²) in [7, 11) is 1.64. The van der Waals surface area contributed by atoms with Gasteiger partial charge < -0.3 is 10.5 Å². The Morgan fingerprint density at radius 2 is 2.35 bits per heavy atom. The molecule has 2 aromatic rings. The molecular weight excluding hydrogens is 276 g/mol. The molecule has 90 valence electrons. The minimum Gasteiger partial charge on any atom is -0.496 e. The predicted octanol–water partition coefficient (Wildman–Crippen LogP) is 3.68. The molecule has 0 saturated carbocycles. The van der Waals surface area contributed by atoms with Gasteiger partial charge in [-0.25, -0.2) is 4.98 Å². The maximum atomic E-state index is 5.78. The van der Waals surface area contributed by atoms with Gasteiger partial charge >= 0.3 is 0 Å². The molecule has 2 N–H and O–H groups in total.